The average molecular weight is 1640 g/mol. The molecule has 16 aromatic carbocycles. The second-order valence-corrected chi connectivity index (χ2v) is 39.9. The molecule has 0 aliphatic heterocycles. The molecule has 0 radical (unpaired) electrons. The van der Waals surface area contributed by atoms with Gasteiger partial charge < -0.3 is 18.9 Å². The molecule has 566 valence electrons. The van der Waals surface area contributed by atoms with Crippen LogP contribution in [0.1, 0.15) is 113 Å². The van der Waals surface area contributed by atoms with Crippen molar-refractivity contribution in [1.82, 2.24) is 0 Å². The molecule has 4 aliphatic carbocycles. The number of hydrogen-bond acceptors (Lipinski definition) is 4. The van der Waals surface area contributed by atoms with Gasteiger partial charge in [0, 0.05) is 60.7 Å². The fraction of sp³-hybridized carbons (Fsp3) is 0.132. The Morgan fingerprint density at radius 1 is 0.261 bits per heavy atom. The first kappa shape index (κ1) is 75.5. The van der Waals surface area contributed by atoms with Crippen molar-refractivity contribution >= 4 is 166 Å². The van der Waals surface area contributed by atoms with Crippen LogP contribution in [-0.4, -0.2) is 46.0 Å². The molecule has 0 spiro atoms. The quantitative estimate of drug-likeness (QED) is 0.0694. The Morgan fingerprint density at radius 3 is 0.574 bits per heavy atom. The summed E-state index contributed by atoms with van der Waals surface area (Å²) in [5.41, 5.74) is 22.1. The fourth-order valence-corrected chi connectivity index (χ4v) is 27.4. The van der Waals surface area contributed by atoms with Gasteiger partial charge in [0.15, 0.2) is 0 Å². The van der Waals surface area contributed by atoms with Crippen molar-refractivity contribution in [3.05, 3.63) is 380 Å². The maximum atomic E-state index is 6.09. The van der Waals surface area contributed by atoms with Crippen LogP contribution in [0.2, 0.25) is 13.1 Å². The molecule has 4 atom stereocenters. The molecule has 115 heavy (non-hydrogen) atoms. The Morgan fingerprint density at radius 2 is 0.417 bits per heavy atom. The van der Waals surface area contributed by atoms with Gasteiger partial charge in [0.05, 0.1) is 28.4 Å². The van der Waals surface area contributed by atoms with Crippen molar-refractivity contribution in [3.63, 3.8) is 0 Å². The number of aryl methyl sites for hydroxylation is 4. The number of ether oxygens (including phenoxy) is 4. The van der Waals surface area contributed by atoms with Crippen LogP contribution in [0.15, 0.2) is 291 Å². The summed E-state index contributed by atoms with van der Waals surface area (Å²) < 4.78 is 24.3. The summed E-state index contributed by atoms with van der Waals surface area (Å²) in [6, 6.07) is 80.1. The van der Waals surface area contributed by atoms with Crippen LogP contribution in [0, 0.1) is 27.7 Å². The van der Waals surface area contributed by atoms with Gasteiger partial charge in [0.1, 0.15) is 23.0 Å². The molecule has 20 rings (SSSR count). The maximum absolute atomic E-state index is 6.09. The second kappa shape index (κ2) is 31.7. The molecule has 4 nitrogen and oxygen atoms in total. The van der Waals surface area contributed by atoms with Gasteiger partial charge in [0.2, 0.25) is 0 Å². The van der Waals surface area contributed by atoms with Crippen molar-refractivity contribution in [2.24, 2.45) is 0 Å². The van der Waals surface area contributed by atoms with Crippen molar-refractivity contribution in [2.45, 2.75) is 64.5 Å². The number of halogens is 2. The first-order valence-corrected chi connectivity index (χ1v) is 50.8. The first-order chi connectivity index (χ1) is 56.4. The van der Waals surface area contributed by atoms with E-state index in [2.05, 4.69) is 356 Å². The Labute approximate surface area is 695 Å². The Balaban J connectivity index is 0.000000154. The van der Waals surface area contributed by atoms with E-state index in [0.717, 1.165) is 66.1 Å². The summed E-state index contributed by atoms with van der Waals surface area (Å²) in [6.45, 7) is 14.5. The molecule has 0 fully saturated rings. The van der Waals surface area contributed by atoms with E-state index < -0.39 is 38.4 Å². The van der Waals surface area contributed by atoms with Crippen LogP contribution < -0.4 is 39.7 Å². The first-order valence-electron chi connectivity index (χ1n) is 39.9. The zero-order valence-corrected chi connectivity index (χ0v) is 72.7. The number of allylic oxidation sites excluding steroid dienone is 12. The standard InChI is InChI=1S/2C53H44O2Si.2ClH.Zr/c2*1-32-30-46-38(48-34-18-6-12-24-40(34)50(54-3)41-25-13-7-19-35(41)48)22-10-16-28-44(46)52(32)56(5)53-33(2)31-47-39(23-11-17-29-45(47)53)49-36-20-8-14-26-42(36)51(55-4)43-27-15-9-21-37(43)49;;;/h2*6-31,38-39,56H,1-5H3;2*1H;/q2*-2;;;+2/p-2. The summed E-state index contributed by atoms with van der Waals surface area (Å²) >= 11 is -0.826. The Bertz CT molecular complexity index is 5810. The average Bonchev–Trinajstić information content (AvgIpc) is 1.67. The molecule has 16 aromatic rings. The molecular formula is C106H88Cl2O4Si2Zr-4. The molecule has 0 aromatic heterocycles. The predicted octanol–water partition coefficient (Wildman–Crippen LogP) is 24.9. The van der Waals surface area contributed by atoms with Gasteiger partial charge >= 0.3 is 37.9 Å². The minimum atomic E-state index is -1.73. The molecule has 4 aliphatic rings. The topological polar surface area (TPSA) is 36.9 Å². The fourth-order valence-electron chi connectivity index (χ4n) is 20.8. The van der Waals surface area contributed by atoms with E-state index in [1.807, 2.05) is 0 Å². The minimum absolute atomic E-state index is 0.0948. The molecule has 9 heteroatoms. The van der Waals surface area contributed by atoms with Crippen LogP contribution in [0.5, 0.6) is 23.0 Å². The number of rotatable bonds is 12. The van der Waals surface area contributed by atoms with Gasteiger partial charge in [-0.1, -0.05) is 284 Å². The van der Waals surface area contributed by atoms with E-state index in [-0.39, 0.29) is 23.7 Å². The molecule has 0 heterocycles. The van der Waals surface area contributed by atoms with Crippen molar-refractivity contribution < 1.29 is 39.8 Å². The number of benzene rings is 12. The van der Waals surface area contributed by atoms with Crippen LogP contribution in [0.3, 0.4) is 0 Å². The molecule has 0 amide bonds. The SMILES string of the molecule is COc1c2ccccc2c(C2C=CC=Cc3c2cc(C)[c-]3[SiH](C)[c-]2c(C)cc3c2C=CC=CC3c2c3ccccc3c(OC)c3ccccc23)c2ccccc12.COc1c2ccccc2c(C2C=CC=Cc3c2cc(C)[c-]3[SiH](C)[c-]2c(C)cc3c2C=CC=CC3c2c3ccccc3c(OC)c3ccccc23)c2ccccc12.[Cl][Zr][Cl]. The van der Waals surface area contributed by atoms with Gasteiger partial charge in [-0.3, -0.25) is 0 Å². The zero-order valence-electron chi connectivity index (χ0n) is 66.4. The monoisotopic (exact) mass is 1640 g/mol. The van der Waals surface area contributed by atoms with E-state index in [1.54, 1.807) is 49.2 Å². The van der Waals surface area contributed by atoms with E-state index >= 15 is 0 Å². The van der Waals surface area contributed by atoms with Crippen LogP contribution in [-0.2, 0) is 20.8 Å². The number of hydrogen-bond donors (Lipinski definition) is 0. The van der Waals surface area contributed by atoms with E-state index in [9.17, 15) is 0 Å². The molecule has 0 N–H and O–H groups in total. The van der Waals surface area contributed by atoms with Gasteiger partial charge in [-0.05, 0) is 89.0 Å². The van der Waals surface area contributed by atoms with Gasteiger partial charge in [0.25, 0.3) is 0 Å². The van der Waals surface area contributed by atoms with Gasteiger partial charge in [-0.15, -0.1) is 91.6 Å². The van der Waals surface area contributed by atoms with Crippen molar-refractivity contribution in [3.8, 4) is 23.0 Å². The molecule has 0 bridgehead atoms. The summed E-state index contributed by atoms with van der Waals surface area (Å²) in [5.74, 6) is 4.16. The molecule has 0 saturated heterocycles. The van der Waals surface area contributed by atoms with Crippen LogP contribution in [0.25, 0.3) is 110 Å². The third-order valence-electron chi connectivity index (χ3n) is 25.1. The molecule has 4 unspecified atom stereocenters. The van der Waals surface area contributed by atoms with Gasteiger partial charge in [-0.2, -0.15) is 68.8 Å². The Kier molecular flexibility index (Phi) is 20.8. The van der Waals surface area contributed by atoms with E-state index in [0.29, 0.717) is 0 Å². The van der Waals surface area contributed by atoms with E-state index in [1.165, 1.54) is 132 Å². The van der Waals surface area contributed by atoms with Crippen molar-refractivity contribution in [2.75, 3.05) is 28.4 Å². The summed E-state index contributed by atoms with van der Waals surface area (Å²) in [5, 5.41) is 25.4. The summed E-state index contributed by atoms with van der Waals surface area (Å²) in [6.07, 6.45) is 37.2. The number of fused-ring (bicyclic) bond motifs is 12. The van der Waals surface area contributed by atoms with Crippen LogP contribution >= 0.6 is 17.0 Å². The molecule has 0 saturated carbocycles. The third kappa shape index (κ3) is 12.6. The zero-order chi connectivity index (χ0) is 78.9. The van der Waals surface area contributed by atoms with Gasteiger partial charge in [-0.25, -0.2) is 0 Å². The predicted molar refractivity (Wildman–Crippen MR) is 495 cm³/mol. The summed E-state index contributed by atoms with van der Waals surface area (Å²) in [4.78, 5) is 0. The van der Waals surface area contributed by atoms with Crippen LogP contribution in [0.4, 0.5) is 0 Å². The number of methoxy groups -OCH3 is 4. The van der Waals surface area contributed by atoms with Crippen molar-refractivity contribution in [1.29, 1.82) is 0 Å². The Hall–Kier alpha value is -10.9. The van der Waals surface area contributed by atoms with E-state index in [4.69, 9.17) is 36.0 Å². The third-order valence-corrected chi connectivity index (χ3v) is 31.7. The summed E-state index contributed by atoms with van der Waals surface area (Å²) in [7, 11) is 13.6. The molecular weight excluding hydrogens is 1560 g/mol. The second-order valence-electron chi connectivity index (χ2n) is 31.0. The normalized spacial score (nSPS) is 16.3.